The minimum absolute atomic E-state index is 0.251. The van der Waals surface area contributed by atoms with Crippen LogP contribution in [0, 0.1) is 6.92 Å². The molecular weight excluding hydrogens is 426 g/mol. The Labute approximate surface area is 191 Å². The average molecular weight is 453 g/mol. The van der Waals surface area contributed by atoms with Crippen LogP contribution >= 0.6 is 0 Å². The number of fused-ring (bicyclic) bond motifs is 1. The van der Waals surface area contributed by atoms with E-state index in [0.29, 0.717) is 33.8 Å². The van der Waals surface area contributed by atoms with Gasteiger partial charge in [0.05, 0.1) is 32.6 Å². The van der Waals surface area contributed by atoms with Crippen molar-refractivity contribution in [3.63, 3.8) is 0 Å². The first-order valence-corrected chi connectivity index (χ1v) is 10.3. The molecule has 33 heavy (non-hydrogen) atoms. The standard InChI is InChI=1S/C24H27N3O6/c1-6-32-24(29)23-15(2)27(3)20-9-7-18(12-19(20)23)33-14-22(28)26-25-13-16-11-17(30-4)8-10-21(16)31-5/h7-13H,6,14H2,1-5H3,(H,26,28). The number of rotatable bonds is 9. The first-order chi connectivity index (χ1) is 15.9. The molecule has 0 aliphatic heterocycles. The van der Waals surface area contributed by atoms with E-state index in [2.05, 4.69) is 10.5 Å². The highest BCUT2D eigenvalue weighted by atomic mass is 16.5. The fraction of sp³-hybridized carbons (Fsp3) is 0.292. The minimum Gasteiger partial charge on any atom is -0.497 e. The molecule has 0 spiro atoms. The summed E-state index contributed by atoms with van der Waals surface area (Å²) in [6, 6.07) is 10.6. The van der Waals surface area contributed by atoms with E-state index >= 15 is 0 Å². The molecule has 0 fully saturated rings. The number of methoxy groups -OCH3 is 2. The van der Waals surface area contributed by atoms with Gasteiger partial charge in [-0.15, -0.1) is 0 Å². The van der Waals surface area contributed by atoms with Gasteiger partial charge in [-0.1, -0.05) is 0 Å². The number of carbonyl (C=O) groups excluding carboxylic acids is 2. The molecule has 0 unspecified atom stereocenters. The summed E-state index contributed by atoms with van der Waals surface area (Å²) in [7, 11) is 4.99. The predicted octanol–water partition coefficient (Wildman–Crippen LogP) is 3.21. The zero-order chi connectivity index (χ0) is 24.0. The van der Waals surface area contributed by atoms with E-state index in [4.69, 9.17) is 18.9 Å². The van der Waals surface area contributed by atoms with Crippen LogP contribution in [0.4, 0.5) is 0 Å². The molecule has 3 rings (SSSR count). The van der Waals surface area contributed by atoms with Gasteiger partial charge in [0, 0.05) is 29.2 Å². The predicted molar refractivity (Wildman–Crippen MR) is 124 cm³/mol. The Kier molecular flexibility index (Phi) is 7.55. The highest BCUT2D eigenvalue weighted by molar-refractivity contribution is 6.06. The molecule has 0 bridgehead atoms. The van der Waals surface area contributed by atoms with E-state index < -0.39 is 11.9 Å². The summed E-state index contributed by atoms with van der Waals surface area (Å²) in [5.41, 5.74) is 5.21. The molecule has 0 aliphatic rings. The largest absolute Gasteiger partial charge is 0.497 e. The van der Waals surface area contributed by atoms with Crippen molar-refractivity contribution < 1.29 is 28.5 Å². The zero-order valence-corrected chi connectivity index (χ0v) is 19.3. The van der Waals surface area contributed by atoms with Gasteiger partial charge in [0.25, 0.3) is 5.91 Å². The number of aromatic nitrogens is 1. The van der Waals surface area contributed by atoms with E-state index in [-0.39, 0.29) is 13.2 Å². The molecule has 9 heteroatoms. The van der Waals surface area contributed by atoms with Crippen molar-refractivity contribution in [2.24, 2.45) is 12.1 Å². The molecule has 0 saturated carbocycles. The summed E-state index contributed by atoms with van der Waals surface area (Å²) in [6.07, 6.45) is 1.46. The van der Waals surface area contributed by atoms with Crippen LogP contribution in [0.25, 0.3) is 10.9 Å². The number of hydrogen-bond acceptors (Lipinski definition) is 7. The summed E-state index contributed by atoms with van der Waals surface area (Å²) in [6.45, 7) is 3.65. The first-order valence-electron chi connectivity index (χ1n) is 10.3. The van der Waals surface area contributed by atoms with E-state index in [1.165, 1.54) is 6.21 Å². The van der Waals surface area contributed by atoms with Gasteiger partial charge in [-0.05, 0) is 50.2 Å². The van der Waals surface area contributed by atoms with Crippen LogP contribution in [0.2, 0.25) is 0 Å². The van der Waals surface area contributed by atoms with Gasteiger partial charge < -0.3 is 23.5 Å². The second-order valence-corrected chi connectivity index (χ2v) is 7.11. The molecule has 1 heterocycles. The summed E-state index contributed by atoms with van der Waals surface area (Å²) < 4.78 is 23.2. The summed E-state index contributed by atoms with van der Waals surface area (Å²) >= 11 is 0. The Hall–Kier alpha value is -4.01. The lowest BCUT2D eigenvalue weighted by Gasteiger charge is -2.07. The lowest BCUT2D eigenvalue weighted by atomic mass is 10.1. The van der Waals surface area contributed by atoms with E-state index in [1.54, 1.807) is 51.5 Å². The Balaban J connectivity index is 1.68. The number of aryl methyl sites for hydroxylation is 1. The molecule has 0 saturated heterocycles. The SMILES string of the molecule is CCOC(=O)c1c(C)n(C)c2ccc(OCC(=O)NN=Cc3cc(OC)ccc3OC)cc12. The molecule has 0 radical (unpaired) electrons. The van der Waals surface area contributed by atoms with Crippen LogP contribution in [0.15, 0.2) is 41.5 Å². The fourth-order valence-electron chi connectivity index (χ4n) is 3.40. The molecule has 1 N–H and O–H groups in total. The number of esters is 1. The molecule has 174 valence electrons. The van der Waals surface area contributed by atoms with Gasteiger partial charge in [-0.3, -0.25) is 4.79 Å². The van der Waals surface area contributed by atoms with Crippen LogP contribution in [0.5, 0.6) is 17.2 Å². The quantitative estimate of drug-likeness (QED) is 0.303. The third kappa shape index (κ3) is 5.25. The van der Waals surface area contributed by atoms with Crippen LogP contribution in [-0.2, 0) is 16.6 Å². The second kappa shape index (κ2) is 10.5. The lowest BCUT2D eigenvalue weighted by Crippen LogP contribution is -2.24. The fourth-order valence-corrected chi connectivity index (χ4v) is 3.40. The number of benzene rings is 2. The molecule has 9 nitrogen and oxygen atoms in total. The molecule has 3 aromatic rings. The van der Waals surface area contributed by atoms with Crippen LogP contribution in [0.3, 0.4) is 0 Å². The van der Waals surface area contributed by atoms with Gasteiger partial charge in [-0.2, -0.15) is 5.10 Å². The van der Waals surface area contributed by atoms with Crippen molar-refractivity contribution in [3.8, 4) is 17.2 Å². The highest BCUT2D eigenvalue weighted by Gasteiger charge is 2.20. The Morgan fingerprint density at radius 2 is 1.85 bits per heavy atom. The van der Waals surface area contributed by atoms with Crippen LogP contribution in [0.1, 0.15) is 28.5 Å². The van der Waals surface area contributed by atoms with Gasteiger partial charge in [0.1, 0.15) is 17.2 Å². The molecule has 0 atom stereocenters. The minimum atomic E-state index is -0.442. The second-order valence-electron chi connectivity index (χ2n) is 7.11. The maximum absolute atomic E-state index is 12.4. The van der Waals surface area contributed by atoms with Gasteiger partial charge in [0.2, 0.25) is 0 Å². The van der Waals surface area contributed by atoms with Crippen molar-refractivity contribution in [1.29, 1.82) is 0 Å². The number of amides is 1. The normalized spacial score (nSPS) is 10.9. The van der Waals surface area contributed by atoms with Crippen molar-refractivity contribution in [2.45, 2.75) is 13.8 Å². The third-order valence-electron chi connectivity index (χ3n) is 5.14. The lowest BCUT2D eigenvalue weighted by molar-refractivity contribution is -0.123. The maximum Gasteiger partial charge on any atom is 0.340 e. The van der Waals surface area contributed by atoms with E-state index in [9.17, 15) is 9.59 Å². The number of nitrogens with zero attached hydrogens (tertiary/aromatic N) is 2. The Morgan fingerprint density at radius 1 is 1.09 bits per heavy atom. The number of carbonyl (C=O) groups is 2. The van der Waals surface area contributed by atoms with Crippen LogP contribution < -0.4 is 19.6 Å². The molecule has 1 aromatic heterocycles. The van der Waals surface area contributed by atoms with Gasteiger partial charge in [0.15, 0.2) is 6.61 Å². The monoisotopic (exact) mass is 453 g/mol. The highest BCUT2D eigenvalue weighted by Crippen LogP contribution is 2.29. The molecule has 2 aromatic carbocycles. The smallest absolute Gasteiger partial charge is 0.340 e. The maximum atomic E-state index is 12.4. The van der Waals surface area contributed by atoms with Crippen molar-refractivity contribution in [1.82, 2.24) is 9.99 Å². The number of ether oxygens (including phenoxy) is 4. The number of hydrazone groups is 1. The third-order valence-corrected chi connectivity index (χ3v) is 5.14. The van der Waals surface area contributed by atoms with Crippen molar-refractivity contribution in [2.75, 3.05) is 27.4 Å². The summed E-state index contributed by atoms with van der Waals surface area (Å²) in [5.74, 6) is 0.850. The average Bonchev–Trinajstić information content (AvgIpc) is 3.07. The topological polar surface area (TPSA) is 100 Å². The number of hydrogen-bond donors (Lipinski definition) is 1. The van der Waals surface area contributed by atoms with E-state index in [1.807, 2.05) is 24.6 Å². The Morgan fingerprint density at radius 3 is 2.55 bits per heavy atom. The van der Waals surface area contributed by atoms with Crippen molar-refractivity contribution in [3.05, 3.63) is 53.2 Å². The number of nitrogens with one attached hydrogen (secondary N) is 1. The molecule has 0 aliphatic carbocycles. The van der Waals surface area contributed by atoms with E-state index in [0.717, 1.165) is 11.2 Å². The zero-order valence-electron chi connectivity index (χ0n) is 19.3. The molecule has 1 amide bonds. The Bertz CT molecular complexity index is 1200. The van der Waals surface area contributed by atoms with Gasteiger partial charge >= 0.3 is 5.97 Å². The first kappa shape index (κ1) is 23.6. The van der Waals surface area contributed by atoms with Crippen LogP contribution in [-0.4, -0.2) is 50.1 Å². The van der Waals surface area contributed by atoms with Crippen molar-refractivity contribution >= 4 is 29.0 Å². The summed E-state index contributed by atoms with van der Waals surface area (Å²) in [5, 5.41) is 4.66. The van der Waals surface area contributed by atoms with Gasteiger partial charge in [-0.25, -0.2) is 10.2 Å². The molecular formula is C24H27N3O6. The summed E-state index contributed by atoms with van der Waals surface area (Å²) in [4.78, 5) is 24.6.